The van der Waals surface area contributed by atoms with Crippen molar-refractivity contribution in [2.45, 2.75) is 37.3 Å². The molecule has 1 aliphatic carbocycles. The van der Waals surface area contributed by atoms with Crippen LogP contribution in [0.3, 0.4) is 0 Å². The SMILES string of the molecule is COc1ccc([C@H]2OCC[C@@H]2NC(=O)c2cn[nH]c2C2CC2)cn1. The average molecular weight is 328 g/mol. The average Bonchev–Trinajstić information content (AvgIpc) is 3.15. The van der Waals surface area contributed by atoms with Crippen LogP contribution in [0.25, 0.3) is 0 Å². The normalized spacial score (nSPS) is 23.2. The molecule has 24 heavy (non-hydrogen) atoms. The van der Waals surface area contributed by atoms with Crippen LogP contribution in [0.1, 0.15) is 52.9 Å². The summed E-state index contributed by atoms with van der Waals surface area (Å²) < 4.78 is 10.9. The molecule has 1 amide bonds. The Balaban J connectivity index is 1.48. The minimum Gasteiger partial charge on any atom is -0.481 e. The molecule has 1 aliphatic heterocycles. The van der Waals surface area contributed by atoms with E-state index in [-0.39, 0.29) is 18.1 Å². The van der Waals surface area contributed by atoms with Gasteiger partial charge in [-0.05, 0) is 25.3 Å². The van der Waals surface area contributed by atoms with Gasteiger partial charge in [0.05, 0.1) is 30.6 Å². The van der Waals surface area contributed by atoms with Gasteiger partial charge in [-0.15, -0.1) is 0 Å². The number of amides is 1. The predicted octanol–water partition coefficient (Wildman–Crippen LogP) is 1.95. The van der Waals surface area contributed by atoms with E-state index in [0.29, 0.717) is 24.0 Å². The summed E-state index contributed by atoms with van der Waals surface area (Å²) in [5, 5.41) is 10.1. The quantitative estimate of drug-likeness (QED) is 0.876. The van der Waals surface area contributed by atoms with E-state index in [0.717, 1.165) is 30.5 Å². The third kappa shape index (κ3) is 2.87. The number of ether oxygens (including phenoxy) is 2. The number of H-pyrrole nitrogens is 1. The highest BCUT2D eigenvalue weighted by atomic mass is 16.5. The van der Waals surface area contributed by atoms with E-state index in [9.17, 15) is 4.79 Å². The Morgan fingerprint density at radius 3 is 2.92 bits per heavy atom. The molecule has 7 heteroatoms. The molecule has 0 bridgehead atoms. The molecule has 2 atom stereocenters. The molecule has 126 valence electrons. The van der Waals surface area contributed by atoms with Gasteiger partial charge in [0.25, 0.3) is 5.91 Å². The van der Waals surface area contributed by atoms with Crippen molar-refractivity contribution in [2.75, 3.05) is 13.7 Å². The lowest BCUT2D eigenvalue weighted by Gasteiger charge is -2.20. The summed E-state index contributed by atoms with van der Waals surface area (Å²) in [7, 11) is 1.58. The fraction of sp³-hybridized carbons (Fsp3) is 0.471. The number of carbonyl (C=O) groups excluding carboxylic acids is 1. The second kappa shape index (κ2) is 6.24. The number of methoxy groups -OCH3 is 1. The number of hydrogen-bond donors (Lipinski definition) is 2. The van der Waals surface area contributed by atoms with Crippen molar-refractivity contribution in [3.8, 4) is 5.88 Å². The van der Waals surface area contributed by atoms with Crippen molar-refractivity contribution in [3.05, 3.63) is 41.3 Å². The summed E-state index contributed by atoms with van der Waals surface area (Å²) in [6.07, 6.45) is 6.18. The summed E-state index contributed by atoms with van der Waals surface area (Å²) in [4.78, 5) is 16.9. The Morgan fingerprint density at radius 1 is 1.33 bits per heavy atom. The molecule has 7 nitrogen and oxygen atoms in total. The molecule has 3 heterocycles. The molecule has 0 radical (unpaired) electrons. The highest BCUT2D eigenvalue weighted by molar-refractivity contribution is 5.95. The fourth-order valence-electron chi connectivity index (χ4n) is 3.15. The van der Waals surface area contributed by atoms with Gasteiger partial charge in [-0.25, -0.2) is 4.98 Å². The molecule has 1 saturated carbocycles. The Hall–Kier alpha value is -2.41. The minimum absolute atomic E-state index is 0.0744. The first-order valence-electron chi connectivity index (χ1n) is 8.22. The Bertz CT molecular complexity index is 724. The lowest BCUT2D eigenvalue weighted by Crippen LogP contribution is -2.37. The molecular formula is C17H20N4O3. The van der Waals surface area contributed by atoms with E-state index in [4.69, 9.17) is 9.47 Å². The zero-order valence-electron chi connectivity index (χ0n) is 13.5. The van der Waals surface area contributed by atoms with Crippen LogP contribution in [0, 0.1) is 0 Å². The first-order chi connectivity index (χ1) is 11.8. The highest BCUT2D eigenvalue weighted by Gasteiger charge is 2.34. The number of aromatic nitrogens is 3. The van der Waals surface area contributed by atoms with Crippen LogP contribution in [-0.4, -0.2) is 40.8 Å². The molecule has 4 rings (SSSR count). The zero-order chi connectivity index (χ0) is 16.5. The van der Waals surface area contributed by atoms with Crippen molar-refractivity contribution < 1.29 is 14.3 Å². The second-order valence-electron chi connectivity index (χ2n) is 6.27. The number of aromatic amines is 1. The minimum atomic E-state index is -0.191. The molecule has 0 aromatic carbocycles. The smallest absolute Gasteiger partial charge is 0.255 e. The van der Waals surface area contributed by atoms with Crippen LogP contribution < -0.4 is 10.1 Å². The van der Waals surface area contributed by atoms with E-state index in [1.165, 1.54) is 0 Å². The highest BCUT2D eigenvalue weighted by Crippen LogP contribution is 2.40. The third-order valence-electron chi connectivity index (χ3n) is 4.60. The lowest BCUT2D eigenvalue weighted by atomic mass is 10.0. The van der Waals surface area contributed by atoms with Crippen LogP contribution in [0.15, 0.2) is 24.5 Å². The van der Waals surface area contributed by atoms with Crippen LogP contribution >= 0.6 is 0 Å². The van der Waals surface area contributed by atoms with Gasteiger partial charge in [0.2, 0.25) is 5.88 Å². The predicted molar refractivity (Wildman–Crippen MR) is 85.9 cm³/mol. The summed E-state index contributed by atoms with van der Waals surface area (Å²) in [6, 6.07) is 3.65. The standard InChI is InChI=1S/C17H20N4O3/c1-23-14-5-4-11(8-18-14)16-13(6-7-24-16)20-17(22)12-9-19-21-15(12)10-2-3-10/h4-5,8-10,13,16H,2-3,6-7H2,1H3,(H,19,21)(H,20,22)/t13-,16+/m0/s1. The van der Waals surface area contributed by atoms with Crippen molar-refractivity contribution in [1.82, 2.24) is 20.5 Å². The van der Waals surface area contributed by atoms with Gasteiger partial charge < -0.3 is 14.8 Å². The maximum atomic E-state index is 12.6. The van der Waals surface area contributed by atoms with E-state index < -0.39 is 0 Å². The number of nitrogens with one attached hydrogen (secondary N) is 2. The van der Waals surface area contributed by atoms with Gasteiger partial charge in [0, 0.05) is 30.4 Å². The van der Waals surface area contributed by atoms with Crippen molar-refractivity contribution in [1.29, 1.82) is 0 Å². The van der Waals surface area contributed by atoms with E-state index in [1.807, 2.05) is 6.07 Å². The molecule has 2 N–H and O–H groups in total. The number of carbonyl (C=O) groups is 1. The van der Waals surface area contributed by atoms with Crippen LogP contribution in [-0.2, 0) is 4.74 Å². The number of pyridine rings is 1. The van der Waals surface area contributed by atoms with Crippen LogP contribution in [0.2, 0.25) is 0 Å². The number of rotatable bonds is 5. The molecule has 2 aliphatic rings. The maximum absolute atomic E-state index is 12.6. The second-order valence-corrected chi connectivity index (χ2v) is 6.27. The van der Waals surface area contributed by atoms with Gasteiger partial charge >= 0.3 is 0 Å². The van der Waals surface area contributed by atoms with Crippen molar-refractivity contribution in [3.63, 3.8) is 0 Å². The Morgan fingerprint density at radius 2 is 2.21 bits per heavy atom. The maximum Gasteiger partial charge on any atom is 0.255 e. The van der Waals surface area contributed by atoms with Gasteiger partial charge in [0.15, 0.2) is 0 Å². The zero-order valence-corrected chi connectivity index (χ0v) is 13.5. The summed E-state index contributed by atoms with van der Waals surface area (Å²) in [5.41, 5.74) is 2.54. The summed E-state index contributed by atoms with van der Waals surface area (Å²) >= 11 is 0. The fourth-order valence-corrected chi connectivity index (χ4v) is 3.15. The van der Waals surface area contributed by atoms with Gasteiger partial charge in [-0.2, -0.15) is 5.10 Å². The van der Waals surface area contributed by atoms with Gasteiger partial charge in [-0.1, -0.05) is 0 Å². The monoisotopic (exact) mass is 328 g/mol. The molecular weight excluding hydrogens is 308 g/mol. The van der Waals surface area contributed by atoms with Crippen LogP contribution in [0.4, 0.5) is 0 Å². The van der Waals surface area contributed by atoms with Crippen LogP contribution in [0.5, 0.6) is 5.88 Å². The molecule has 2 aromatic heterocycles. The Labute approximate surface area is 139 Å². The van der Waals surface area contributed by atoms with E-state index in [1.54, 1.807) is 25.6 Å². The van der Waals surface area contributed by atoms with E-state index in [2.05, 4.69) is 20.5 Å². The van der Waals surface area contributed by atoms with Gasteiger partial charge in [-0.3, -0.25) is 9.89 Å². The molecule has 0 unspecified atom stereocenters. The van der Waals surface area contributed by atoms with E-state index >= 15 is 0 Å². The third-order valence-corrected chi connectivity index (χ3v) is 4.60. The van der Waals surface area contributed by atoms with Crippen molar-refractivity contribution >= 4 is 5.91 Å². The molecule has 2 aromatic rings. The topological polar surface area (TPSA) is 89.1 Å². The number of nitrogens with zero attached hydrogens (tertiary/aromatic N) is 2. The summed E-state index contributed by atoms with van der Waals surface area (Å²) in [6.45, 7) is 0.614. The van der Waals surface area contributed by atoms with Gasteiger partial charge in [0.1, 0.15) is 6.10 Å². The number of hydrogen-bond acceptors (Lipinski definition) is 5. The summed E-state index contributed by atoms with van der Waals surface area (Å²) in [5.74, 6) is 0.923. The van der Waals surface area contributed by atoms with Crippen molar-refractivity contribution in [2.24, 2.45) is 0 Å². The first kappa shape index (κ1) is 15.1. The largest absolute Gasteiger partial charge is 0.481 e. The lowest BCUT2D eigenvalue weighted by molar-refractivity contribution is 0.0819. The Kier molecular flexibility index (Phi) is 3.93. The first-order valence-corrected chi connectivity index (χ1v) is 8.22. The molecule has 2 fully saturated rings. The molecule has 0 spiro atoms. The molecule has 1 saturated heterocycles.